The largest absolute Gasteiger partial charge is 0.255 e. The lowest BCUT2D eigenvalue weighted by Gasteiger charge is -2.15. The lowest BCUT2D eigenvalue weighted by Crippen LogP contribution is -1.98. The fourth-order valence-corrected chi connectivity index (χ4v) is 7.12. The molecule has 55 heavy (non-hydrogen) atoms. The van der Waals surface area contributed by atoms with E-state index >= 15 is 0 Å². The van der Waals surface area contributed by atoms with Crippen molar-refractivity contribution in [3.63, 3.8) is 0 Å². The van der Waals surface area contributed by atoms with Gasteiger partial charge in [0.15, 0.2) is 5.82 Å². The number of nitrogens with zero attached hydrogens (tertiary/aromatic N) is 3. The van der Waals surface area contributed by atoms with Gasteiger partial charge in [-0.25, -0.2) is 9.97 Å². The lowest BCUT2D eigenvalue weighted by molar-refractivity contribution is 1.18. The molecule has 2 heterocycles. The summed E-state index contributed by atoms with van der Waals surface area (Å²) in [5, 5.41) is 0. The van der Waals surface area contributed by atoms with Gasteiger partial charge in [-0.3, -0.25) is 4.98 Å². The zero-order valence-electron chi connectivity index (χ0n) is 30.5. The van der Waals surface area contributed by atoms with Crippen LogP contribution in [0.1, 0.15) is 5.56 Å². The van der Waals surface area contributed by atoms with Gasteiger partial charge in [-0.1, -0.05) is 170 Å². The van der Waals surface area contributed by atoms with Gasteiger partial charge in [0, 0.05) is 34.0 Å². The number of hydrogen-bond donors (Lipinski definition) is 0. The maximum Gasteiger partial charge on any atom is 0.160 e. The van der Waals surface area contributed by atoms with Crippen molar-refractivity contribution in [2.45, 2.75) is 6.92 Å². The Morgan fingerprint density at radius 2 is 0.691 bits per heavy atom. The molecule has 0 aliphatic carbocycles. The van der Waals surface area contributed by atoms with E-state index in [4.69, 9.17) is 15.0 Å². The van der Waals surface area contributed by atoms with E-state index in [1.807, 2.05) is 24.4 Å². The number of aromatic nitrogens is 3. The van der Waals surface area contributed by atoms with Crippen LogP contribution in [0.15, 0.2) is 206 Å². The van der Waals surface area contributed by atoms with Gasteiger partial charge in [-0.15, -0.1) is 0 Å². The fraction of sp³-hybridized carbons (Fsp3) is 0.0192. The Kier molecular flexibility index (Phi) is 9.17. The average Bonchev–Trinajstić information content (AvgIpc) is 3.27. The summed E-state index contributed by atoms with van der Waals surface area (Å²) in [5.74, 6) is 0.660. The van der Waals surface area contributed by atoms with E-state index in [0.29, 0.717) is 5.82 Å². The van der Waals surface area contributed by atoms with Crippen molar-refractivity contribution in [3.8, 4) is 89.7 Å². The van der Waals surface area contributed by atoms with Crippen molar-refractivity contribution in [2.75, 3.05) is 0 Å². The topological polar surface area (TPSA) is 38.7 Å². The molecule has 3 heteroatoms. The first-order chi connectivity index (χ1) is 27.1. The minimum Gasteiger partial charge on any atom is -0.255 e. The molecule has 0 spiro atoms. The second-order valence-electron chi connectivity index (χ2n) is 13.8. The summed E-state index contributed by atoms with van der Waals surface area (Å²) in [4.78, 5) is 15.6. The van der Waals surface area contributed by atoms with E-state index in [1.54, 1.807) is 0 Å². The van der Waals surface area contributed by atoms with Gasteiger partial charge in [-0.05, 0) is 81.8 Å². The molecule has 2 aromatic heterocycles. The van der Waals surface area contributed by atoms with E-state index in [9.17, 15) is 0 Å². The van der Waals surface area contributed by atoms with Crippen LogP contribution in [0, 0.1) is 6.92 Å². The summed E-state index contributed by atoms with van der Waals surface area (Å²) in [6, 6.07) is 70.2. The standard InChI is InChI=1S/C52H37N3/c1-36-30-48(51(53-35-36)44-20-12-5-13-21-44)46-31-45(39-18-10-4-11-19-39)32-47(33-46)52-54-49(42-26-22-40(23-27-42)37-14-6-2-7-15-37)34-50(55-52)43-28-24-41(25-29-43)38-16-8-3-9-17-38/h2-35H,1H3. The highest BCUT2D eigenvalue weighted by atomic mass is 14.9. The molecule has 0 saturated carbocycles. The molecular formula is C52H37N3. The minimum absolute atomic E-state index is 0.660. The quantitative estimate of drug-likeness (QED) is 0.158. The van der Waals surface area contributed by atoms with E-state index in [1.165, 1.54) is 11.1 Å². The molecule has 9 aromatic rings. The van der Waals surface area contributed by atoms with Gasteiger partial charge in [0.05, 0.1) is 17.1 Å². The molecule has 0 atom stereocenters. The van der Waals surface area contributed by atoms with Gasteiger partial charge in [-0.2, -0.15) is 0 Å². The Labute approximate surface area is 322 Å². The van der Waals surface area contributed by atoms with Crippen LogP contribution in [0.2, 0.25) is 0 Å². The summed E-state index contributed by atoms with van der Waals surface area (Å²) in [6.07, 6.45) is 1.94. The average molecular weight is 704 g/mol. The Balaban J connectivity index is 1.23. The first kappa shape index (κ1) is 33.6. The Bertz CT molecular complexity index is 2610. The van der Waals surface area contributed by atoms with Crippen LogP contribution in [-0.2, 0) is 0 Å². The van der Waals surface area contributed by atoms with Crippen molar-refractivity contribution in [1.29, 1.82) is 0 Å². The third-order valence-electron chi connectivity index (χ3n) is 9.98. The summed E-state index contributed by atoms with van der Waals surface area (Å²) < 4.78 is 0. The van der Waals surface area contributed by atoms with E-state index in [-0.39, 0.29) is 0 Å². The summed E-state index contributed by atoms with van der Waals surface area (Å²) >= 11 is 0. The molecule has 0 radical (unpaired) electrons. The number of pyridine rings is 1. The highest BCUT2D eigenvalue weighted by Crippen LogP contribution is 2.38. The molecule has 0 aliphatic heterocycles. The van der Waals surface area contributed by atoms with Crippen LogP contribution in [-0.4, -0.2) is 15.0 Å². The molecule has 0 unspecified atom stereocenters. The van der Waals surface area contributed by atoms with Gasteiger partial charge >= 0.3 is 0 Å². The maximum absolute atomic E-state index is 5.31. The minimum atomic E-state index is 0.660. The fourth-order valence-electron chi connectivity index (χ4n) is 7.12. The predicted molar refractivity (Wildman–Crippen MR) is 228 cm³/mol. The molecule has 0 bridgehead atoms. The predicted octanol–water partition coefficient (Wildman–Crippen LogP) is 13.5. The molecule has 0 aliphatic rings. The molecule has 0 fully saturated rings. The van der Waals surface area contributed by atoms with E-state index in [2.05, 4.69) is 189 Å². The molecule has 7 aromatic carbocycles. The van der Waals surface area contributed by atoms with E-state index in [0.717, 1.165) is 78.3 Å². The van der Waals surface area contributed by atoms with Crippen LogP contribution in [0.25, 0.3) is 89.7 Å². The van der Waals surface area contributed by atoms with Gasteiger partial charge in [0.25, 0.3) is 0 Å². The highest BCUT2D eigenvalue weighted by molar-refractivity contribution is 5.87. The molecular weight excluding hydrogens is 667 g/mol. The Hall–Kier alpha value is -7.23. The first-order valence-corrected chi connectivity index (χ1v) is 18.6. The normalized spacial score (nSPS) is 11.0. The van der Waals surface area contributed by atoms with Crippen molar-refractivity contribution in [1.82, 2.24) is 15.0 Å². The number of hydrogen-bond acceptors (Lipinski definition) is 3. The Morgan fingerprint density at radius 3 is 1.18 bits per heavy atom. The zero-order chi connectivity index (χ0) is 37.0. The van der Waals surface area contributed by atoms with Crippen LogP contribution >= 0.6 is 0 Å². The van der Waals surface area contributed by atoms with E-state index < -0.39 is 0 Å². The number of benzene rings is 7. The van der Waals surface area contributed by atoms with Crippen LogP contribution in [0.5, 0.6) is 0 Å². The lowest BCUT2D eigenvalue weighted by atomic mass is 9.92. The van der Waals surface area contributed by atoms with Crippen LogP contribution in [0.3, 0.4) is 0 Å². The molecule has 9 rings (SSSR count). The van der Waals surface area contributed by atoms with Crippen molar-refractivity contribution in [2.24, 2.45) is 0 Å². The maximum atomic E-state index is 5.31. The summed E-state index contributed by atoms with van der Waals surface area (Å²) in [7, 11) is 0. The highest BCUT2D eigenvalue weighted by Gasteiger charge is 2.17. The molecule has 0 N–H and O–H groups in total. The first-order valence-electron chi connectivity index (χ1n) is 18.6. The second-order valence-corrected chi connectivity index (χ2v) is 13.8. The Morgan fingerprint density at radius 1 is 0.309 bits per heavy atom. The summed E-state index contributed by atoms with van der Waals surface area (Å²) in [6.45, 7) is 2.10. The number of aryl methyl sites for hydroxylation is 1. The van der Waals surface area contributed by atoms with Crippen LogP contribution < -0.4 is 0 Å². The van der Waals surface area contributed by atoms with Gasteiger partial charge < -0.3 is 0 Å². The smallest absolute Gasteiger partial charge is 0.160 e. The monoisotopic (exact) mass is 703 g/mol. The summed E-state index contributed by atoms with van der Waals surface area (Å²) in [5.41, 5.74) is 16.8. The third-order valence-corrected chi connectivity index (χ3v) is 9.98. The molecule has 3 nitrogen and oxygen atoms in total. The third kappa shape index (κ3) is 7.24. The second kappa shape index (κ2) is 15.0. The van der Waals surface area contributed by atoms with Crippen molar-refractivity contribution in [3.05, 3.63) is 212 Å². The zero-order valence-corrected chi connectivity index (χ0v) is 30.5. The molecule has 0 saturated heterocycles. The van der Waals surface area contributed by atoms with Crippen LogP contribution in [0.4, 0.5) is 0 Å². The van der Waals surface area contributed by atoms with Crippen molar-refractivity contribution < 1.29 is 0 Å². The SMILES string of the molecule is Cc1cnc(-c2ccccc2)c(-c2cc(-c3ccccc3)cc(-c3nc(-c4ccc(-c5ccccc5)cc4)cc(-c4ccc(-c5ccccc5)cc4)n3)c2)c1. The number of rotatable bonds is 8. The van der Waals surface area contributed by atoms with Gasteiger partial charge in [0.2, 0.25) is 0 Å². The van der Waals surface area contributed by atoms with Gasteiger partial charge in [0.1, 0.15) is 0 Å². The molecule has 260 valence electrons. The molecule has 0 amide bonds. The van der Waals surface area contributed by atoms with Crippen molar-refractivity contribution >= 4 is 0 Å².